The molecule has 0 amide bonds. The average molecular weight is 519 g/mol. The van der Waals surface area contributed by atoms with Crippen LogP contribution >= 0.6 is 0 Å². The highest BCUT2D eigenvalue weighted by atomic mass is 16.5. The van der Waals surface area contributed by atoms with E-state index in [0.717, 1.165) is 41.9 Å². The number of aliphatic hydroxyl groups is 1. The molecule has 1 unspecified atom stereocenters. The molecule has 3 saturated carbocycles. The van der Waals surface area contributed by atoms with E-state index in [2.05, 4.69) is 40.7 Å². The Bertz CT molecular complexity index is 734. The highest BCUT2D eigenvalue weighted by Crippen LogP contribution is 2.67. The lowest BCUT2D eigenvalue weighted by molar-refractivity contribution is -0.0690. The quantitative estimate of drug-likeness (QED) is 0.192. The van der Waals surface area contributed by atoms with Crippen LogP contribution in [-0.2, 0) is 14.2 Å². The first-order valence-electron chi connectivity index (χ1n) is 15.9. The van der Waals surface area contributed by atoms with E-state index in [0.29, 0.717) is 50.0 Å². The van der Waals surface area contributed by atoms with Crippen LogP contribution in [0, 0.1) is 46.3 Å². The fourth-order valence-corrected chi connectivity index (χ4v) is 9.45. The third-order valence-electron chi connectivity index (χ3n) is 11.4. The van der Waals surface area contributed by atoms with Crippen LogP contribution in [0.5, 0.6) is 0 Å². The Hall–Kier alpha value is -0.420. The summed E-state index contributed by atoms with van der Waals surface area (Å²) in [7, 11) is 0. The molecule has 8 atom stereocenters. The Labute approximate surface area is 228 Å². The average Bonchev–Trinajstić information content (AvgIpc) is 3.22. The van der Waals surface area contributed by atoms with E-state index in [4.69, 9.17) is 19.3 Å². The molecule has 0 aliphatic heterocycles. The summed E-state index contributed by atoms with van der Waals surface area (Å²) in [6.07, 6.45) is 18.0. The second-order valence-corrected chi connectivity index (χ2v) is 14.0. The molecule has 0 radical (unpaired) electrons. The Balaban J connectivity index is 1.29. The van der Waals surface area contributed by atoms with Gasteiger partial charge in [0.05, 0.1) is 45.7 Å². The molecule has 0 aromatic heterocycles. The Morgan fingerprint density at radius 3 is 2.41 bits per heavy atom. The van der Waals surface area contributed by atoms with Crippen LogP contribution in [0.3, 0.4) is 0 Å². The van der Waals surface area contributed by atoms with Crippen molar-refractivity contribution in [3.8, 4) is 0 Å². The van der Waals surface area contributed by atoms with Gasteiger partial charge in [-0.2, -0.15) is 0 Å². The van der Waals surface area contributed by atoms with Crippen molar-refractivity contribution in [2.45, 2.75) is 111 Å². The minimum absolute atomic E-state index is 0.0689. The zero-order valence-corrected chi connectivity index (χ0v) is 24.8. The molecular weight excluding hydrogens is 460 g/mol. The predicted molar refractivity (Wildman–Crippen MR) is 152 cm³/mol. The van der Waals surface area contributed by atoms with Crippen LogP contribution in [0.25, 0.3) is 0 Å². The zero-order chi connectivity index (χ0) is 26.5. The fourth-order valence-electron chi connectivity index (χ4n) is 9.45. The highest BCUT2D eigenvalue weighted by Gasteiger charge is 2.59. The molecule has 0 bridgehead atoms. The lowest BCUT2D eigenvalue weighted by atomic mass is 9.47. The van der Waals surface area contributed by atoms with Crippen LogP contribution in [0.15, 0.2) is 11.6 Å². The Morgan fingerprint density at radius 2 is 1.65 bits per heavy atom. The van der Waals surface area contributed by atoms with E-state index >= 15 is 0 Å². The lowest BCUT2D eigenvalue weighted by Gasteiger charge is -2.58. The first-order valence-corrected chi connectivity index (χ1v) is 15.9. The summed E-state index contributed by atoms with van der Waals surface area (Å²) >= 11 is 0. The first kappa shape index (κ1) is 29.6. The van der Waals surface area contributed by atoms with Crippen LogP contribution in [0.4, 0.5) is 0 Å². The third-order valence-corrected chi connectivity index (χ3v) is 11.4. The summed E-state index contributed by atoms with van der Waals surface area (Å²) in [6.45, 7) is 15.5. The molecule has 37 heavy (non-hydrogen) atoms. The smallest absolute Gasteiger partial charge is 0.0704 e. The largest absolute Gasteiger partial charge is 0.394 e. The topological polar surface area (TPSA) is 47.9 Å². The van der Waals surface area contributed by atoms with Crippen molar-refractivity contribution < 1.29 is 19.3 Å². The molecule has 0 spiro atoms. The molecule has 0 aromatic rings. The molecule has 1 N–H and O–H groups in total. The second-order valence-electron chi connectivity index (χ2n) is 14.0. The van der Waals surface area contributed by atoms with Gasteiger partial charge in [-0.3, -0.25) is 0 Å². The Kier molecular flexibility index (Phi) is 10.6. The molecule has 4 aliphatic carbocycles. The number of hydrogen-bond acceptors (Lipinski definition) is 4. The fraction of sp³-hybridized carbons (Fsp3) is 0.939. The molecule has 4 aliphatic rings. The molecule has 3 fully saturated rings. The van der Waals surface area contributed by atoms with Gasteiger partial charge in [-0.1, -0.05) is 65.5 Å². The van der Waals surface area contributed by atoms with Crippen LogP contribution in [0.2, 0.25) is 0 Å². The monoisotopic (exact) mass is 518 g/mol. The van der Waals surface area contributed by atoms with Gasteiger partial charge in [0, 0.05) is 0 Å². The number of rotatable bonds is 14. The SMILES string of the molecule is CC(C)CCC[C@@H](C)[C@H]1CC[C@H]2[C@@H]3CC=C4CC(OCCOCCOCCO)CC[C@]4(C)[C@H]3CC[C@]12C. The molecule has 4 heteroatoms. The van der Waals surface area contributed by atoms with Gasteiger partial charge in [-0.15, -0.1) is 0 Å². The van der Waals surface area contributed by atoms with Gasteiger partial charge in [0.15, 0.2) is 0 Å². The number of fused-ring (bicyclic) bond motifs is 5. The van der Waals surface area contributed by atoms with E-state index in [9.17, 15) is 0 Å². The summed E-state index contributed by atoms with van der Waals surface area (Å²) in [4.78, 5) is 0. The van der Waals surface area contributed by atoms with Gasteiger partial charge < -0.3 is 19.3 Å². The molecule has 0 saturated heterocycles. The van der Waals surface area contributed by atoms with Gasteiger partial charge in [0.2, 0.25) is 0 Å². The van der Waals surface area contributed by atoms with E-state index in [-0.39, 0.29) is 6.61 Å². The highest BCUT2D eigenvalue weighted by molar-refractivity contribution is 5.25. The maximum atomic E-state index is 8.75. The summed E-state index contributed by atoms with van der Waals surface area (Å²) < 4.78 is 17.1. The Morgan fingerprint density at radius 1 is 0.892 bits per heavy atom. The minimum Gasteiger partial charge on any atom is -0.394 e. The van der Waals surface area contributed by atoms with Crippen LogP contribution in [-0.4, -0.2) is 50.9 Å². The third kappa shape index (κ3) is 6.67. The molecular formula is C33H58O4. The summed E-state index contributed by atoms with van der Waals surface area (Å²) in [6, 6.07) is 0. The van der Waals surface area contributed by atoms with Crippen molar-refractivity contribution in [2.75, 3.05) is 39.6 Å². The normalized spacial score (nSPS) is 38.1. The molecule has 214 valence electrons. The van der Waals surface area contributed by atoms with Crippen LogP contribution in [0.1, 0.15) is 105 Å². The molecule has 4 nitrogen and oxygen atoms in total. The zero-order valence-electron chi connectivity index (χ0n) is 24.8. The maximum Gasteiger partial charge on any atom is 0.0704 e. The van der Waals surface area contributed by atoms with E-state index in [1.54, 1.807) is 5.57 Å². The lowest BCUT2D eigenvalue weighted by Crippen LogP contribution is -2.51. The van der Waals surface area contributed by atoms with Gasteiger partial charge in [0.1, 0.15) is 0 Å². The number of aliphatic hydroxyl groups excluding tert-OH is 1. The van der Waals surface area contributed by atoms with Gasteiger partial charge in [-0.05, 0) is 97.7 Å². The van der Waals surface area contributed by atoms with Gasteiger partial charge in [0.25, 0.3) is 0 Å². The van der Waals surface area contributed by atoms with Gasteiger partial charge >= 0.3 is 0 Å². The summed E-state index contributed by atoms with van der Waals surface area (Å²) in [5.74, 6) is 5.39. The van der Waals surface area contributed by atoms with Crippen molar-refractivity contribution in [2.24, 2.45) is 46.3 Å². The van der Waals surface area contributed by atoms with Crippen LogP contribution < -0.4 is 0 Å². The van der Waals surface area contributed by atoms with Crippen molar-refractivity contribution in [3.05, 3.63) is 11.6 Å². The van der Waals surface area contributed by atoms with Gasteiger partial charge in [-0.25, -0.2) is 0 Å². The van der Waals surface area contributed by atoms with E-state index in [1.807, 2.05) is 0 Å². The maximum absolute atomic E-state index is 8.75. The number of allylic oxidation sites excluding steroid dienone is 1. The molecule has 0 aromatic carbocycles. The summed E-state index contributed by atoms with van der Waals surface area (Å²) in [5, 5.41) is 8.75. The molecule has 0 heterocycles. The predicted octanol–water partition coefficient (Wildman–Crippen LogP) is 7.44. The van der Waals surface area contributed by atoms with E-state index in [1.165, 1.54) is 64.2 Å². The van der Waals surface area contributed by atoms with E-state index < -0.39 is 0 Å². The first-order chi connectivity index (χ1) is 17.8. The minimum atomic E-state index is 0.0689. The van der Waals surface area contributed by atoms with Crippen molar-refractivity contribution >= 4 is 0 Å². The van der Waals surface area contributed by atoms with Crippen molar-refractivity contribution in [1.82, 2.24) is 0 Å². The van der Waals surface area contributed by atoms with Crippen molar-refractivity contribution in [1.29, 1.82) is 0 Å². The van der Waals surface area contributed by atoms with Crippen molar-refractivity contribution in [3.63, 3.8) is 0 Å². The summed E-state index contributed by atoms with van der Waals surface area (Å²) in [5.41, 5.74) is 2.68. The standard InChI is InChI=1S/C33H58O4/c1-24(2)7-6-8-25(3)29-11-12-30-28-10-9-26-23-27(37-22-21-36-20-19-35-18-17-34)13-15-32(26,4)31(28)14-16-33(29,30)5/h9,24-25,27-31,34H,6-8,10-23H2,1-5H3/t25-,27?,28+,29-,30+,31+,32+,33-/m1/s1. The number of hydrogen-bond donors (Lipinski definition) is 1. The number of ether oxygens (including phenoxy) is 3. The molecule has 4 rings (SSSR count). The second kappa shape index (κ2) is 13.3.